The van der Waals surface area contributed by atoms with Crippen molar-refractivity contribution < 1.29 is 13.9 Å². The summed E-state index contributed by atoms with van der Waals surface area (Å²) in [4.78, 5) is 13.1. The van der Waals surface area contributed by atoms with Gasteiger partial charge in [-0.15, -0.1) is 0 Å². The molecule has 8 unspecified atom stereocenters. The molecule has 7 rings (SSSR count). The maximum absolute atomic E-state index is 13.1. The first-order chi connectivity index (χ1) is 21.6. The minimum absolute atomic E-state index is 0.0336. The van der Waals surface area contributed by atoms with Crippen molar-refractivity contribution in [2.75, 3.05) is 7.11 Å². The van der Waals surface area contributed by atoms with Gasteiger partial charge in [-0.1, -0.05) is 52.7 Å². The fourth-order valence-electron chi connectivity index (χ4n) is 13.2. The Morgan fingerprint density at radius 1 is 0.844 bits per heavy atom. The molecule has 1 amide bonds. The smallest absolute Gasteiger partial charge is 0.251 e. The lowest BCUT2D eigenvalue weighted by molar-refractivity contribution is -0.195. The molecule has 2 aromatic rings. The van der Waals surface area contributed by atoms with E-state index in [2.05, 4.69) is 51.2 Å². The molecular weight excluding hydrogens is 554 g/mol. The third kappa shape index (κ3) is 5.43. The zero-order valence-corrected chi connectivity index (χ0v) is 28.9. The van der Waals surface area contributed by atoms with Gasteiger partial charge in [0.05, 0.1) is 6.54 Å². The van der Waals surface area contributed by atoms with Crippen molar-refractivity contribution in [2.24, 2.45) is 51.2 Å². The maximum Gasteiger partial charge on any atom is 0.251 e. The molecule has 5 saturated carbocycles. The van der Waals surface area contributed by atoms with Crippen LogP contribution in [0.2, 0.25) is 0 Å². The van der Waals surface area contributed by atoms with Gasteiger partial charge in [0.1, 0.15) is 18.1 Å². The van der Waals surface area contributed by atoms with Crippen molar-refractivity contribution in [3.05, 3.63) is 59.0 Å². The Labute approximate surface area is 272 Å². The predicted octanol–water partition coefficient (Wildman–Crippen LogP) is 10.1. The van der Waals surface area contributed by atoms with E-state index in [-0.39, 0.29) is 5.91 Å². The molecule has 0 radical (unpaired) electrons. The number of nitrogens with one attached hydrogen (secondary N) is 1. The summed E-state index contributed by atoms with van der Waals surface area (Å²) in [7, 11) is 1.65. The summed E-state index contributed by atoms with van der Waals surface area (Å²) >= 11 is 0. The van der Waals surface area contributed by atoms with Crippen LogP contribution in [0.5, 0.6) is 0 Å². The Bertz CT molecular complexity index is 1380. The van der Waals surface area contributed by atoms with E-state index in [9.17, 15) is 4.79 Å². The number of amides is 1. The van der Waals surface area contributed by atoms with Crippen LogP contribution < -0.4 is 5.32 Å². The molecule has 5 aliphatic rings. The van der Waals surface area contributed by atoms with Crippen molar-refractivity contribution in [2.45, 2.75) is 131 Å². The minimum atomic E-state index is -0.0336. The third-order valence-corrected chi connectivity index (χ3v) is 15.0. The molecule has 8 atom stereocenters. The number of fused-ring (bicyclic) bond motifs is 7. The number of benzene rings is 1. The highest BCUT2D eigenvalue weighted by Gasteiger charge is 2.65. The van der Waals surface area contributed by atoms with Crippen LogP contribution in [0.4, 0.5) is 0 Å². The zero-order chi connectivity index (χ0) is 31.5. The van der Waals surface area contributed by atoms with Crippen LogP contribution in [-0.2, 0) is 24.3 Å². The number of carbonyl (C=O) groups is 1. The molecule has 0 aliphatic heterocycles. The molecule has 0 saturated heterocycles. The molecule has 4 heteroatoms. The van der Waals surface area contributed by atoms with Crippen LogP contribution in [0, 0.1) is 51.2 Å². The van der Waals surface area contributed by atoms with Gasteiger partial charge in [-0.25, -0.2) is 0 Å². The van der Waals surface area contributed by atoms with E-state index < -0.39 is 0 Å². The average molecular weight is 614 g/mol. The summed E-state index contributed by atoms with van der Waals surface area (Å²) < 4.78 is 10.9. The minimum Gasteiger partial charge on any atom is -0.462 e. The number of methoxy groups -OCH3 is 1. The van der Waals surface area contributed by atoms with Gasteiger partial charge < -0.3 is 14.5 Å². The first-order valence-corrected chi connectivity index (χ1v) is 18.5. The average Bonchev–Trinajstić information content (AvgIpc) is 3.66. The van der Waals surface area contributed by atoms with E-state index >= 15 is 0 Å². The van der Waals surface area contributed by atoms with Crippen LogP contribution in [0.1, 0.15) is 139 Å². The number of hydrogen-bond acceptors (Lipinski definition) is 3. The maximum atomic E-state index is 13.1. The van der Waals surface area contributed by atoms with Gasteiger partial charge in [-0.05, 0) is 158 Å². The number of rotatable bonds is 8. The Hall–Kier alpha value is -2.07. The van der Waals surface area contributed by atoms with E-state index in [4.69, 9.17) is 9.15 Å². The van der Waals surface area contributed by atoms with Gasteiger partial charge in [-0.2, -0.15) is 0 Å². The molecule has 1 aromatic heterocycles. The van der Waals surface area contributed by atoms with Crippen LogP contribution >= 0.6 is 0 Å². The predicted molar refractivity (Wildman–Crippen MR) is 181 cm³/mol. The highest BCUT2D eigenvalue weighted by atomic mass is 16.5. The number of carbonyl (C=O) groups excluding carboxylic acids is 1. The molecule has 5 fully saturated rings. The van der Waals surface area contributed by atoms with Crippen LogP contribution in [0.15, 0.2) is 40.8 Å². The SMILES string of the molecule is COCc1ccc(CNC(=O)c2cccc(CCC34CCCC3C3CCC5C(C)(CCC6C(C)(C)CCCC65C)C3CC4)c2)o1. The highest BCUT2D eigenvalue weighted by Crippen LogP contribution is 2.73. The van der Waals surface area contributed by atoms with Gasteiger partial charge in [0.2, 0.25) is 0 Å². The molecular formula is C41H59NO3. The third-order valence-electron chi connectivity index (χ3n) is 15.0. The van der Waals surface area contributed by atoms with Gasteiger partial charge in [0.15, 0.2) is 0 Å². The quantitative estimate of drug-likeness (QED) is 0.322. The first kappa shape index (κ1) is 31.5. The van der Waals surface area contributed by atoms with Crippen molar-refractivity contribution in [1.82, 2.24) is 5.32 Å². The fraction of sp³-hybridized carbons (Fsp3) is 0.732. The molecule has 246 valence electrons. The summed E-state index contributed by atoms with van der Waals surface area (Å²) in [5, 5.41) is 3.05. The molecule has 0 bridgehead atoms. The normalized spacial score (nSPS) is 38.5. The Balaban J connectivity index is 1.01. The van der Waals surface area contributed by atoms with Gasteiger partial charge >= 0.3 is 0 Å². The van der Waals surface area contributed by atoms with Gasteiger partial charge in [0, 0.05) is 12.7 Å². The molecule has 1 N–H and O–H groups in total. The summed E-state index contributed by atoms with van der Waals surface area (Å²) in [6.07, 6.45) is 19.8. The first-order valence-electron chi connectivity index (χ1n) is 18.5. The standard InChI is InChI=1S/C41H59NO3/c1-38(2)19-8-20-40(4)35(38)18-22-39(3)33-17-24-41(21-7-11-34(41)32(33)14-15-36(39)40)23-16-28-9-6-10-29(25-28)37(43)42-26-30-12-13-31(45-30)27-44-5/h6,9-10,12-13,25,32-36H,7-8,11,14-24,26-27H2,1-5H3,(H,42,43). The van der Waals surface area contributed by atoms with E-state index in [0.29, 0.717) is 34.8 Å². The lowest BCUT2D eigenvalue weighted by Crippen LogP contribution is -2.61. The van der Waals surface area contributed by atoms with Gasteiger partial charge in [-0.3, -0.25) is 4.79 Å². The second-order valence-electron chi connectivity index (χ2n) is 17.4. The fourth-order valence-corrected chi connectivity index (χ4v) is 13.2. The monoisotopic (exact) mass is 613 g/mol. The number of aryl methyl sites for hydroxylation is 1. The van der Waals surface area contributed by atoms with E-state index in [1.807, 2.05) is 18.2 Å². The summed E-state index contributed by atoms with van der Waals surface area (Å²) in [5.41, 5.74) is 4.18. The van der Waals surface area contributed by atoms with Crippen molar-refractivity contribution >= 4 is 5.91 Å². The molecule has 45 heavy (non-hydrogen) atoms. The van der Waals surface area contributed by atoms with E-state index in [1.165, 1.54) is 89.0 Å². The largest absolute Gasteiger partial charge is 0.462 e. The molecule has 1 heterocycles. The van der Waals surface area contributed by atoms with Crippen molar-refractivity contribution in [3.8, 4) is 0 Å². The zero-order valence-electron chi connectivity index (χ0n) is 28.9. The molecule has 0 spiro atoms. The van der Waals surface area contributed by atoms with Gasteiger partial charge in [0.25, 0.3) is 5.91 Å². The van der Waals surface area contributed by atoms with Crippen molar-refractivity contribution in [1.29, 1.82) is 0 Å². The van der Waals surface area contributed by atoms with Crippen LogP contribution in [0.25, 0.3) is 0 Å². The molecule has 5 aliphatic carbocycles. The number of ether oxygens (including phenoxy) is 1. The second kappa shape index (κ2) is 11.9. The summed E-state index contributed by atoms with van der Waals surface area (Å²) in [6.45, 7) is 11.5. The van der Waals surface area contributed by atoms with E-state index in [0.717, 1.165) is 53.1 Å². The summed E-state index contributed by atoms with van der Waals surface area (Å²) in [6, 6.07) is 12.2. The Morgan fingerprint density at radius 3 is 2.53 bits per heavy atom. The van der Waals surface area contributed by atoms with Crippen LogP contribution in [0.3, 0.4) is 0 Å². The van der Waals surface area contributed by atoms with E-state index in [1.54, 1.807) is 7.11 Å². The van der Waals surface area contributed by atoms with Crippen LogP contribution in [-0.4, -0.2) is 13.0 Å². The number of furan rings is 1. The Kier molecular flexibility index (Phi) is 8.32. The van der Waals surface area contributed by atoms with Crippen molar-refractivity contribution in [3.63, 3.8) is 0 Å². The molecule has 4 nitrogen and oxygen atoms in total. The second-order valence-corrected chi connectivity index (χ2v) is 17.4. The Morgan fingerprint density at radius 2 is 1.69 bits per heavy atom. The lowest BCUT2D eigenvalue weighted by Gasteiger charge is -2.68. The topological polar surface area (TPSA) is 51.5 Å². The lowest BCUT2D eigenvalue weighted by atomic mass is 9.36. The number of hydrogen-bond donors (Lipinski definition) is 1. The molecule has 1 aromatic carbocycles. The summed E-state index contributed by atoms with van der Waals surface area (Å²) in [5.74, 6) is 6.11. The highest BCUT2D eigenvalue weighted by molar-refractivity contribution is 5.94.